The Morgan fingerprint density at radius 3 is 1.11 bits per heavy atom. The largest absolute Gasteiger partial charge is 0.218 e. The van der Waals surface area contributed by atoms with Gasteiger partial charge in [-0.15, -0.1) is 0 Å². The molecule has 1 aromatic carbocycles. The first kappa shape index (κ1) is 17.9. The molecule has 102 valence electrons. The maximum atomic E-state index is 6.09. The molecule has 0 radical (unpaired) electrons. The molecule has 0 spiro atoms. The van der Waals surface area contributed by atoms with Crippen molar-refractivity contribution in [2.45, 2.75) is 14.5 Å². The van der Waals surface area contributed by atoms with Crippen molar-refractivity contribution in [2.75, 3.05) is 0 Å². The topological polar surface area (TPSA) is 0 Å². The van der Waals surface area contributed by atoms with Crippen LogP contribution in [0.2, 0.25) is 15.1 Å². The first-order valence-corrected chi connectivity index (χ1v) is 7.60. The van der Waals surface area contributed by atoms with Gasteiger partial charge < -0.3 is 0 Å². The van der Waals surface area contributed by atoms with Crippen molar-refractivity contribution in [1.29, 1.82) is 0 Å². The Bertz CT molecular complexity index is 439. The van der Waals surface area contributed by atoms with Gasteiger partial charge in [0.25, 0.3) is 0 Å². The highest BCUT2D eigenvalue weighted by Gasteiger charge is 2.38. The molecule has 1 rings (SSSR count). The van der Waals surface area contributed by atoms with Crippen LogP contribution in [0.3, 0.4) is 0 Å². The predicted molar refractivity (Wildman–Crippen MR) is 84.7 cm³/mol. The number of hydrogen-bond donors (Lipinski definition) is 0. The summed E-state index contributed by atoms with van der Waals surface area (Å²) in [6.07, 6.45) is 0. The van der Waals surface area contributed by atoms with E-state index in [2.05, 4.69) is 0 Å². The second kappa shape index (κ2) is 5.91. The van der Waals surface area contributed by atoms with Gasteiger partial charge in [-0.25, -0.2) is 0 Å². The van der Waals surface area contributed by atoms with Gasteiger partial charge in [0.05, 0.1) is 15.1 Å². The second-order valence-corrected chi connectivity index (χ2v) is 9.01. The van der Waals surface area contributed by atoms with E-state index in [4.69, 9.17) is 104 Å². The molecular formula is C9H3Cl9. The molecule has 0 atom stereocenters. The first-order chi connectivity index (χ1) is 7.89. The van der Waals surface area contributed by atoms with Crippen LogP contribution in [0.25, 0.3) is 0 Å². The van der Waals surface area contributed by atoms with Crippen molar-refractivity contribution in [1.82, 2.24) is 0 Å². The number of benzene rings is 1. The molecule has 0 saturated carbocycles. The maximum absolute atomic E-state index is 6.09. The van der Waals surface area contributed by atoms with Gasteiger partial charge in [0.2, 0.25) is 7.59 Å². The highest BCUT2D eigenvalue weighted by atomic mass is 35.6. The van der Waals surface area contributed by atoms with Crippen molar-refractivity contribution in [3.8, 4) is 0 Å². The molecule has 1 aromatic rings. The molecule has 0 aliphatic heterocycles. The van der Waals surface area contributed by atoms with Gasteiger partial charge in [-0.3, -0.25) is 0 Å². The molecule has 0 unspecified atom stereocenters. The van der Waals surface area contributed by atoms with Gasteiger partial charge in [0.15, 0.2) is 0 Å². The third kappa shape index (κ3) is 3.53. The smallest absolute Gasteiger partial charge is 0.0835 e. The zero-order valence-corrected chi connectivity index (χ0v) is 15.2. The lowest BCUT2D eigenvalue weighted by atomic mass is 10.1. The fourth-order valence-corrected chi connectivity index (χ4v) is 4.28. The van der Waals surface area contributed by atoms with E-state index in [0.29, 0.717) is 5.56 Å². The van der Waals surface area contributed by atoms with Crippen LogP contribution in [0, 0.1) is 6.92 Å². The lowest BCUT2D eigenvalue weighted by Gasteiger charge is -2.24. The van der Waals surface area contributed by atoms with Crippen LogP contribution in [0.4, 0.5) is 0 Å². The van der Waals surface area contributed by atoms with E-state index in [1.807, 2.05) is 0 Å². The van der Waals surface area contributed by atoms with Crippen LogP contribution in [-0.2, 0) is 7.59 Å². The molecule has 0 fully saturated rings. The summed E-state index contributed by atoms with van der Waals surface area (Å²) in [5.74, 6) is 0. The van der Waals surface area contributed by atoms with Gasteiger partial charge in [0, 0.05) is 11.1 Å². The van der Waals surface area contributed by atoms with Crippen molar-refractivity contribution in [3.63, 3.8) is 0 Å². The highest BCUT2D eigenvalue weighted by Crippen LogP contribution is 2.54. The average molecular weight is 430 g/mol. The Kier molecular flexibility index (Phi) is 5.87. The lowest BCUT2D eigenvalue weighted by Crippen LogP contribution is -2.11. The average Bonchev–Trinajstić information content (AvgIpc) is 2.09. The second-order valence-electron chi connectivity index (χ2n) is 3.31. The summed E-state index contributed by atoms with van der Waals surface area (Å²) in [7, 11) is 0. The molecule has 0 aliphatic rings. The zero-order chi connectivity index (χ0) is 14.5. The number of halogens is 9. The number of hydrogen-bond acceptors (Lipinski definition) is 0. The summed E-state index contributed by atoms with van der Waals surface area (Å²) in [5, 5.41) is 0.140. The number of rotatable bonds is 0. The maximum Gasteiger partial charge on any atom is 0.218 e. The Labute approximate surface area is 149 Å². The monoisotopic (exact) mass is 426 g/mol. The molecule has 0 aliphatic carbocycles. The van der Waals surface area contributed by atoms with Crippen LogP contribution in [0.15, 0.2) is 0 Å². The minimum absolute atomic E-state index is 0.0269. The summed E-state index contributed by atoms with van der Waals surface area (Å²) in [5.41, 5.74) is 0.462. The predicted octanol–water partition coefficient (Wildman–Crippen LogP) is 7.61. The molecule has 0 heterocycles. The zero-order valence-electron chi connectivity index (χ0n) is 8.40. The van der Waals surface area contributed by atoms with Crippen LogP contribution in [0.1, 0.15) is 16.7 Å². The van der Waals surface area contributed by atoms with Crippen LogP contribution in [-0.4, -0.2) is 0 Å². The molecule has 9 heteroatoms. The van der Waals surface area contributed by atoms with E-state index in [9.17, 15) is 0 Å². The third-order valence-electron chi connectivity index (χ3n) is 2.10. The van der Waals surface area contributed by atoms with Gasteiger partial charge in [-0.05, 0) is 12.5 Å². The molecule has 0 aromatic heterocycles. The standard InChI is InChI=1S/C9H3Cl9/c1-2-5(10)3(8(13,14)15)7(12)4(6(2)11)9(16,17)18/h1H3. The molecule has 0 amide bonds. The Morgan fingerprint density at radius 1 is 0.611 bits per heavy atom. The minimum Gasteiger partial charge on any atom is -0.0835 e. The van der Waals surface area contributed by atoms with E-state index >= 15 is 0 Å². The normalized spacial score (nSPS) is 13.0. The van der Waals surface area contributed by atoms with E-state index < -0.39 is 7.59 Å². The minimum atomic E-state index is -1.87. The SMILES string of the molecule is Cc1c(Cl)c(C(Cl)(Cl)Cl)c(Cl)c(C(Cl)(Cl)Cl)c1Cl. The molecule has 0 saturated heterocycles. The van der Waals surface area contributed by atoms with Gasteiger partial charge in [-0.1, -0.05) is 104 Å². The van der Waals surface area contributed by atoms with Crippen molar-refractivity contribution in [3.05, 3.63) is 31.8 Å². The molecule has 0 nitrogen and oxygen atoms in total. The number of alkyl halides is 6. The van der Waals surface area contributed by atoms with E-state index in [0.717, 1.165) is 0 Å². The van der Waals surface area contributed by atoms with Crippen LogP contribution < -0.4 is 0 Å². The molecule has 0 N–H and O–H groups in total. The Balaban J connectivity index is 3.83. The fourth-order valence-electron chi connectivity index (χ4n) is 1.29. The van der Waals surface area contributed by atoms with E-state index in [1.54, 1.807) is 6.92 Å². The Hall–Kier alpha value is 1.83. The molecule has 18 heavy (non-hydrogen) atoms. The van der Waals surface area contributed by atoms with Gasteiger partial charge >= 0.3 is 0 Å². The summed E-state index contributed by atoms with van der Waals surface area (Å²) in [4.78, 5) is 0. The third-order valence-corrected chi connectivity index (χ3v) is 4.56. The van der Waals surface area contributed by atoms with E-state index in [1.165, 1.54) is 0 Å². The first-order valence-electron chi connectivity index (χ1n) is 4.20. The summed E-state index contributed by atoms with van der Waals surface area (Å²) < 4.78 is -3.73. The van der Waals surface area contributed by atoms with Crippen molar-refractivity contribution in [2.24, 2.45) is 0 Å². The molecular weight excluding hydrogens is 427 g/mol. The Morgan fingerprint density at radius 2 is 0.889 bits per heavy atom. The van der Waals surface area contributed by atoms with Crippen molar-refractivity contribution < 1.29 is 0 Å². The summed E-state index contributed by atoms with van der Waals surface area (Å²) >= 11 is 53.0. The van der Waals surface area contributed by atoms with Crippen LogP contribution >= 0.6 is 104 Å². The highest BCUT2D eigenvalue weighted by molar-refractivity contribution is 6.69. The van der Waals surface area contributed by atoms with E-state index in [-0.39, 0.29) is 26.2 Å². The molecule has 0 bridgehead atoms. The van der Waals surface area contributed by atoms with Crippen molar-refractivity contribution >= 4 is 104 Å². The summed E-state index contributed by atoms with van der Waals surface area (Å²) in [6, 6.07) is 0. The van der Waals surface area contributed by atoms with Gasteiger partial charge in [0.1, 0.15) is 0 Å². The van der Waals surface area contributed by atoms with Gasteiger partial charge in [-0.2, -0.15) is 0 Å². The lowest BCUT2D eigenvalue weighted by molar-refractivity contribution is 1.15. The quantitative estimate of drug-likeness (QED) is 0.372. The summed E-state index contributed by atoms with van der Waals surface area (Å²) in [6.45, 7) is 1.60. The fraction of sp³-hybridized carbons (Fsp3) is 0.333. The van der Waals surface area contributed by atoms with Crippen LogP contribution in [0.5, 0.6) is 0 Å².